The maximum absolute atomic E-state index is 12.7. The molecule has 0 aromatic heterocycles. The average molecular weight is 808 g/mol. The smallest absolute Gasteiger partial charge is 0.306 e. The molecule has 2 atom stereocenters. The number of hydrogen-bond donors (Lipinski definition) is 0. The van der Waals surface area contributed by atoms with Gasteiger partial charge in [-0.15, -0.1) is 0 Å². The summed E-state index contributed by atoms with van der Waals surface area (Å²) in [5.41, 5.74) is 0. The molecule has 0 radical (unpaired) electrons. The van der Waals surface area contributed by atoms with Gasteiger partial charge in [0.15, 0.2) is 6.10 Å². The fourth-order valence-electron chi connectivity index (χ4n) is 5.66. The van der Waals surface area contributed by atoms with E-state index in [0.717, 1.165) is 57.8 Å². The van der Waals surface area contributed by atoms with Crippen LogP contribution in [0.2, 0.25) is 0 Å². The van der Waals surface area contributed by atoms with Gasteiger partial charge < -0.3 is 27.9 Å². The molecule has 0 spiro atoms. The number of allylic oxidation sites excluding steroid dienone is 10. The van der Waals surface area contributed by atoms with Crippen LogP contribution in [0.1, 0.15) is 168 Å². The van der Waals surface area contributed by atoms with Gasteiger partial charge in [0.05, 0.1) is 27.7 Å². The van der Waals surface area contributed by atoms with Gasteiger partial charge in [0.2, 0.25) is 0 Å². The molecule has 10 heteroatoms. The Morgan fingerprint density at radius 1 is 0.571 bits per heavy atom. The van der Waals surface area contributed by atoms with Gasteiger partial charge in [-0.25, -0.2) is 0 Å². The number of unbranched alkanes of at least 4 members (excludes halogenated alkanes) is 18. The SMILES string of the molecule is CC/C=C/C=C/C=C/C=C/CCCCCCCC(=O)O[C@H](COC(=O)CCCCCCCCCCC/C=C/CCCCCC)COP(=O)([O-])OCC[N+](C)(C)C. The number of phosphoric acid groups is 1. The number of hydrogen-bond acceptors (Lipinski definition) is 8. The van der Waals surface area contributed by atoms with Gasteiger partial charge in [-0.3, -0.25) is 14.2 Å². The summed E-state index contributed by atoms with van der Waals surface area (Å²) < 4.78 is 33.9. The number of carbonyl (C=O) groups is 2. The first kappa shape index (κ1) is 53.7. The lowest BCUT2D eigenvalue weighted by atomic mass is 10.1. The van der Waals surface area contributed by atoms with Crippen molar-refractivity contribution >= 4 is 19.8 Å². The van der Waals surface area contributed by atoms with Crippen LogP contribution in [0, 0.1) is 0 Å². The summed E-state index contributed by atoms with van der Waals surface area (Å²) in [4.78, 5) is 37.5. The van der Waals surface area contributed by atoms with E-state index in [9.17, 15) is 19.0 Å². The van der Waals surface area contributed by atoms with Crippen LogP contribution in [0.5, 0.6) is 0 Å². The average Bonchev–Trinajstić information content (AvgIpc) is 3.15. The molecule has 56 heavy (non-hydrogen) atoms. The molecule has 9 nitrogen and oxygen atoms in total. The van der Waals surface area contributed by atoms with Crippen molar-refractivity contribution in [2.45, 2.75) is 174 Å². The fraction of sp³-hybridized carbons (Fsp3) is 0.739. The number of phosphoric ester groups is 1. The number of rotatable bonds is 39. The van der Waals surface area contributed by atoms with Gasteiger partial charge in [0.1, 0.15) is 19.8 Å². The quantitative estimate of drug-likeness (QED) is 0.0151. The van der Waals surface area contributed by atoms with Crippen LogP contribution in [0.15, 0.2) is 60.8 Å². The summed E-state index contributed by atoms with van der Waals surface area (Å²) in [6.07, 6.45) is 45.3. The van der Waals surface area contributed by atoms with Crippen molar-refractivity contribution in [1.82, 2.24) is 0 Å². The molecular weight excluding hydrogens is 725 g/mol. The topological polar surface area (TPSA) is 111 Å². The molecule has 0 aliphatic rings. The minimum atomic E-state index is -4.63. The van der Waals surface area contributed by atoms with Gasteiger partial charge in [-0.1, -0.05) is 158 Å². The number of quaternary nitrogens is 1. The van der Waals surface area contributed by atoms with Crippen LogP contribution in [-0.4, -0.2) is 70.0 Å². The Balaban J connectivity index is 4.39. The summed E-state index contributed by atoms with van der Waals surface area (Å²) in [6.45, 7) is 4.04. The molecule has 0 rings (SSSR count). The minimum absolute atomic E-state index is 0.0387. The van der Waals surface area contributed by atoms with Crippen LogP contribution in [0.4, 0.5) is 0 Å². The van der Waals surface area contributed by atoms with Crippen LogP contribution in [0.25, 0.3) is 0 Å². The summed E-state index contributed by atoms with van der Waals surface area (Å²) >= 11 is 0. The molecule has 0 amide bonds. The minimum Gasteiger partial charge on any atom is -0.756 e. The Labute approximate surface area is 343 Å². The maximum atomic E-state index is 12.7. The second-order valence-electron chi connectivity index (χ2n) is 15.8. The second kappa shape index (κ2) is 38.2. The first-order chi connectivity index (χ1) is 27.0. The fourth-order valence-corrected chi connectivity index (χ4v) is 6.39. The van der Waals surface area contributed by atoms with Gasteiger partial charge in [-0.2, -0.15) is 0 Å². The maximum Gasteiger partial charge on any atom is 0.306 e. The Morgan fingerprint density at radius 2 is 1.04 bits per heavy atom. The van der Waals surface area contributed by atoms with Gasteiger partial charge >= 0.3 is 11.9 Å². The second-order valence-corrected chi connectivity index (χ2v) is 17.2. The first-order valence-electron chi connectivity index (χ1n) is 22.0. The first-order valence-corrected chi connectivity index (χ1v) is 23.5. The Morgan fingerprint density at radius 3 is 1.57 bits per heavy atom. The standard InChI is InChI=1S/C46H82NO8P/c1-6-8-10-12-14-16-18-20-22-23-25-26-28-30-32-34-36-38-45(48)52-42-44(43-54-56(50,51)53-41-40-47(3,4)5)55-46(49)39-37-35-33-31-29-27-24-21-19-17-15-13-11-9-7-2/h9,11,13,15-19,21,24,44H,6-8,10,12,14,20,22-23,25-43H2,1-5H3/b11-9+,15-13+,18-16+,19-17+,24-21+/t44-/m1/s1. The number of carbonyl (C=O) groups excluding carboxylic acids is 2. The molecule has 0 aliphatic carbocycles. The van der Waals surface area contributed by atoms with E-state index in [1.165, 1.54) is 77.0 Å². The van der Waals surface area contributed by atoms with Gasteiger partial charge in [0.25, 0.3) is 7.82 Å². The van der Waals surface area contributed by atoms with Crippen LogP contribution < -0.4 is 4.89 Å². The van der Waals surface area contributed by atoms with Crippen LogP contribution >= 0.6 is 7.82 Å². The van der Waals surface area contributed by atoms with E-state index < -0.39 is 32.5 Å². The van der Waals surface area contributed by atoms with E-state index in [0.29, 0.717) is 17.4 Å². The number of esters is 2. The largest absolute Gasteiger partial charge is 0.756 e. The molecule has 0 aromatic rings. The lowest BCUT2D eigenvalue weighted by Crippen LogP contribution is -2.37. The monoisotopic (exact) mass is 808 g/mol. The van der Waals surface area contributed by atoms with Crippen LogP contribution in [-0.2, 0) is 32.7 Å². The van der Waals surface area contributed by atoms with E-state index in [4.69, 9.17) is 18.5 Å². The highest BCUT2D eigenvalue weighted by Gasteiger charge is 2.21. The van der Waals surface area contributed by atoms with Crippen molar-refractivity contribution < 1.29 is 42.1 Å². The highest BCUT2D eigenvalue weighted by molar-refractivity contribution is 7.45. The van der Waals surface area contributed by atoms with E-state index in [1.54, 1.807) is 0 Å². The summed E-state index contributed by atoms with van der Waals surface area (Å²) in [6, 6.07) is 0. The Kier molecular flexibility index (Phi) is 36.7. The predicted molar refractivity (Wildman–Crippen MR) is 231 cm³/mol. The van der Waals surface area contributed by atoms with Crippen molar-refractivity contribution in [2.24, 2.45) is 0 Å². The summed E-state index contributed by atoms with van der Waals surface area (Å²) in [7, 11) is 1.14. The number of nitrogens with zero attached hydrogens (tertiary/aromatic N) is 1. The molecule has 0 heterocycles. The van der Waals surface area contributed by atoms with E-state index in [-0.39, 0.29) is 26.1 Å². The van der Waals surface area contributed by atoms with Crippen molar-refractivity contribution in [2.75, 3.05) is 47.5 Å². The third-order valence-electron chi connectivity index (χ3n) is 9.12. The molecule has 0 fully saturated rings. The summed E-state index contributed by atoms with van der Waals surface area (Å²) in [5.74, 6) is -0.867. The molecule has 1 unspecified atom stereocenters. The molecule has 0 N–H and O–H groups in total. The zero-order valence-corrected chi connectivity index (χ0v) is 37.2. The van der Waals surface area contributed by atoms with E-state index in [2.05, 4.69) is 44.2 Å². The van der Waals surface area contributed by atoms with Gasteiger partial charge in [-0.05, 0) is 57.8 Å². The van der Waals surface area contributed by atoms with E-state index in [1.807, 2.05) is 51.5 Å². The molecule has 324 valence electrons. The number of likely N-dealkylation sites (N-methyl/N-ethyl adjacent to an activating group) is 1. The molecule has 0 aromatic carbocycles. The lowest BCUT2D eigenvalue weighted by Gasteiger charge is -2.28. The predicted octanol–water partition coefficient (Wildman–Crippen LogP) is 11.8. The Bertz CT molecular complexity index is 1140. The van der Waals surface area contributed by atoms with Crippen molar-refractivity contribution in [3.63, 3.8) is 0 Å². The van der Waals surface area contributed by atoms with Crippen molar-refractivity contribution in [1.29, 1.82) is 0 Å². The lowest BCUT2D eigenvalue weighted by molar-refractivity contribution is -0.870. The zero-order valence-electron chi connectivity index (χ0n) is 36.3. The van der Waals surface area contributed by atoms with Gasteiger partial charge in [0, 0.05) is 12.8 Å². The van der Waals surface area contributed by atoms with Crippen LogP contribution in [0.3, 0.4) is 0 Å². The molecule has 0 saturated carbocycles. The summed E-state index contributed by atoms with van der Waals surface area (Å²) in [5, 5.41) is 0. The highest BCUT2D eigenvalue weighted by atomic mass is 31.2. The van der Waals surface area contributed by atoms with Crippen molar-refractivity contribution in [3.05, 3.63) is 60.8 Å². The molecular formula is C46H82NO8P. The molecule has 0 bridgehead atoms. The third kappa shape index (κ3) is 41.3. The molecule has 0 saturated heterocycles. The highest BCUT2D eigenvalue weighted by Crippen LogP contribution is 2.38. The normalized spacial score (nSPS) is 14.2. The Hall–Kier alpha value is -2.29. The van der Waals surface area contributed by atoms with Crippen molar-refractivity contribution in [3.8, 4) is 0 Å². The molecule has 0 aliphatic heterocycles. The third-order valence-corrected chi connectivity index (χ3v) is 10.1. The van der Waals surface area contributed by atoms with E-state index >= 15 is 0 Å². The number of ether oxygens (including phenoxy) is 2. The zero-order chi connectivity index (χ0) is 41.4.